The van der Waals surface area contributed by atoms with Crippen molar-refractivity contribution in [2.45, 2.75) is 12.6 Å². The van der Waals surface area contributed by atoms with Crippen LogP contribution in [0.25, 0.3) is 0 Å². The van der Waals surface area contributed by atoms with Gasteiger partial charge in [-0.05, 0) is 47.2 Å². The minimum atomic E-state index is -0.274. The molecule has 0 amide bonds. The number of thiophene rings is 1. The van der Waals surface area contributed by atoms with E-state index >= 15 is 0 Å². The summed E-state index contributed by atoms with van der Waals surface area (Å²) in [5.74, 6) is -0.274. The van der Waals surface area contributed by atoms with Crippen molar-refractivity contribution in [2.75, 3.05) is 13.6 Å². The van der Waals surface area contributed by atoms with E-state index in [2.05, 4.69) is 22.0 Å². The van der Waals surface area contributed by atoms with Gasteiger partial charge < -0.3 is 5.73 Å². The molecule has 0 radical (unpaired) electrons. The minimum absolute atomic E-state index is 0.199. The molecule has 1 unspecified atom stereocenters. The Kier molecular flexibility index (Phi) is 5.57. The number of hydrogen-bond acceptors (Lipinski definition) is 3. The normalized spacial score (nSPS) is 12.9. The zero-order valence-corrected chi connectivity index (χ0v) is 14.1. The standard InChI is InChI=1S/C14H15BrClFN2S/c1-19(7-11-4-9(15)8-20-11)14(6-18)12-5-10(16)2-3-13(12)17/h2-5,8,14H,6-7,18H2,1H3. The molecule has 0 aliphatic rings. The van der Waals surface area contributed by atoms with Gasteiger partial charge in [-0.15, -0.1) is 11.3 Å². The van der Waals surface area contributed by atoms with Gasteiger partial charge in [0.15, 0.2) is 0 Å². The van der Waals surface area contributed by atoms with Crippen molar-refractivity contribution < 1.29 is 4.39 Å². The van der Waals surface area contributed by atoms with Crippen LogP contribution < -0.4 is 5.73 Å². The second-order valence-electron chi connectivity index (χ2n) is 4.56. The van der Waals surface area contributed by atoms with Crippen molar-refractivity contribution in [3.05, 3.63) is 55.4 Å². The molecule has 2 rings (SSSR count). The first-order valence-electron chi connectivity index (χ1n) is 6.09. The molecular formula is C14H15BrClFN2S. The fraction of sp³-hybridized carbons (Fsp3) is 0.286. The van der Waals surface area contributed by atoms with Crippen LogP contribution >= 0.6 is 38.9 Å². The summed E-state index contributed by atoms with van der Waals surface area (Å²) in [6, 6.07) is 6.44. The zero-order valence-electron chi connectivity index (χ0n) is 10.9. The van der Waals surface area contributed by atoms with E-state index < -0.39 is 0 Å². The lowest BCUT2D eigenvalue weighted by molar-refractivity contribution is 0.238. The molecule has 20 heavy (non-hydrogen) atoms. The molecule has 2 nitrogen and oxygen atoms in total. The molecule has 1 aromatic carbocycles. The molecule has 0 fully saturated rings. The maximum atomic E-state index is 14.0. The Bertz CT molecular complexity index is 590. The summed E-state index contributed by atoms with van der Waals surface area (Å²) in [5.41, 5.74) is 6.37. The van der Waals surface area contributed by atoms with E-state index in [0.717, 1.165) is 4.47 Å². The number of likely N-dealkylation sites (N-methyl/N-ethyl adjacent to an activating group) is 1. The number of rotatable bonds is 5. The van der Waals surface area contributed by atoms with Crippen LogP contribution in [0.5, 0.6) is 0 Å². The van der Waals surface area contributed by atoms with Gasteiger partial charge in [-0.3, -0.25) is 4.90 Å². The van der Waals surface area contributed by atoms with Crippen LogP contribution in [0.1, 0.15) is 16.5 Å². The van der Waals surface area contributed by atoms with Crippen LogP contribution in [0.15, 0.2) is 34.1 Å². The SMILES string of the molecule is CN(Cc1cc(Br)cs1)C(CN)c1cc(Cl)ccc1F. The summed E-state index contributed by atoms with van der Waals surface area (Å²) in [7, 11) is 1.94. The van der Waals surface area contributed by atoms with E-state index in [1.807, 2.05) is 17.3 Å². The van der Waals surface area contributed by atoms with Gasteiger partial charge in [0.1, 0.15) is 5.82 Å². The number of nitrogens with two attached hydrogens (primary N) is 1. The average Bonchev–Trinajstić information content (AvgIpc) is 2.80. The van der Waals surface area contributed by atoms with Gasteiger partial charge >= 0.3 is 0 Å². The highest BCUT2D eigenvalue weighted by Gasteiger charge is 2.20. The summed E-state index contributed by atoms with van der Waals surface area (Å²) >= 11 is 11.0. The largest absolute Gasteiger partial charge is 0.329 e. The van der Waals surface area contributed by atoms with Crippen molar-refractivity contribution in [2.24, 2.45) is 5.73 Å². The van der Waals surface area contributed by atoms with E-state index in [9.17, 15) is 4.39 Å². The van der Waals surface area contributed by atoms with Crippen molar-refractivity contribution in [3.63, 3.8) is 0 Å². The fourth-order valence-electron chi connectivity index (χ4n) is 2.11. The van der Waals surface area contributed by atoms with Crippen molar-refractivity contribution in [3.8, 4) is 0 Å². The maximum Gasteiger partial charge on any atom is 0.128 e. The van der Waals surface area contributed by atoms with Crippen molar-refractivity contribution in [1.29, 1.82) is 0 Å². The number of hydrogen-bond donors (Lipinski definition) is 1. The van der Waals surface area contributed by atoms with Crippen LogP contribution in [0.3, 0.4) is 0 Å². The Morgan fingerprint density at radius 3 is 2.80 bits per heavy atom. The van der Waals surface area contributed by atoms with E-state index in [1.165, 1.54) is 10.9 Å². The molecule has 6 heteroatoms. The Hall–Kier alpha value is -0.460. The van der Waals surface area contributed by atoms with Gasteiger partial charge in [0.05, 0.1) is 6.04 Å². The smallest absolute Gasteiger partial charge is 0.128 e. The Morgan fingerprint density at radius 1 is 1.45 bits per heavy atom. The average molecular weight is 378 g/mol. The summed E-state index contributed by atoms with van der Waals surface area (Å²) in [4.78, 5) is 3.23. The van der Waals surface area contributed by atoms with Crippen LogP contribution in [0.4, 0.5) is 4.39 Å². The van der Waals surface area contributed by atoms with Crippen LogP contribution in [-0.4, -0.2) is 18.5 Å². The third-order valence-corrected chi connectivity index (χ3v) is 5.02. The first kappa shape index (κ1) is 15.9. The molecule has 2 aromatic rings. The van der Waals surface area contributed by atoms with Crippen LogP contribution in [0.2, 0.25) is 5.02 Å². The lowest BCUT2D eigenvalue weighted by atomic mass is 10.0. The van der Waals surface area contributed by atoms with Gasteiger partial charge in [0.2, 0.25) is 0 Å². The Labute approximate surface area is 135 Å². The molecule has 0 spiro atoms. The van der Waals surface area contributed by atoms with E-state index in [1.54, 1.807) is 23.5 Å². The third kappa shape index (κ3) is 3.80. The summed E-state index contributed by atoms with van der Waals surface area (Å²) in [6.07, 6.45) is 0. The van der Waals surface area contributed by atoms with Gasteiger partial charge in [-0.2, -0.15) is 0 Å². The molecule has 1 atom stereocenters. The van der Waals surface area contributed by atoms with Crippen molar-refractivity contribution in [1.82, 2.24) is 4.90 Å². The Morgan fingerprint density at radius 2 is 2.20 bits per heavy atom. The van der Waals surface area contributed by atoms with Gasteiger partial charge in [-0.25, -0.2) is 4.39 Å². The highest BCUT2D eigenvalue weighted by atomic mass is 79.9. The molecule has 108 valence electrons. The molecule has 0 saturated heterocycles. The molecule has 0 saturated carbocycles. The molecule has 1 heterocycles. The second-order valence-corrected chi connectivity index (χ2v) is 6.91. The van der Waals surface area contributed by atoms with Crippen LogP contribution in [0, 0.1) is 5.82 Å². The molecule has 0 aliphatic heterocycles. The van der Waals surface area contributed by atoms with Gasteiger partial charge in [0, 0.05) is 38.4 Å². The highest BCUT2D eigenvalue weighted by Crippen LogP contribution is 2.28. The molecule has 0 bridgehead atoms. The number of benzene rings is 1. The highest BCUT2D eigenvalue weighted by molar-refractivity contribution is 9.10. The molecule has 0 aliphatic carbocycles. The van der Waals surface area contributed by atoms with Gasteiger partial charge in [-0.1, -0.05) is 11.6 Å². The summed E-state index contributed by atoms with van der Waals surface area (Å²) < 4.78 is 15.0. The molecular weight excluding hydrogens is 363 g/mol. The van der Waals surface area contributed by atoms with Crippen molar-refractivity contribution >= 4 is 38.9 Å². The first-order chi connectivity index (χ1) is 9.51. The minimum Gasteiger partial charge on any atom is -0.329 e. The zero-order chi connectivity index (χ0) is 14.7. The van der Waals surface area contributed by atoms with E-state index in [-0.39, 0.29) is 11.9 Å². The second kappa shape index (κ2) is 7.00. The lowest BCUT2D eigenvalue weighted by Crippen LogP contribution is -2.30. The lowest BCUT2D eigenvalue weighted by Gasteiger charge is -2.27. The Balaban J connectivity index is 2.20. The summed E-state index contributed by atoms with van der Waals surface area (Å²) in [6.45, 7) is 1.05. The number of nitrogens with zero attached hydrogens (tertiary/aromatic N) is 1. The fourth-order valence-corrected chi connectivity index (χ4v) is 3.80. The van der Waals surface area contributed by atoms with Crippen LogP contribution in [-0.2, 0) is 6.54 Å². The first-order valence-corrected chi connectivity index (χ1v) is 8.14. The topological polar surface area (TPSA) is 29.3 Å². The molecule has 1 aromatic heterocycles. The maximum absolute atomic E-state index is 14.0. The third-order valence-electron chi connectivity index (χ3n) is 3.10. The predicted octanol–water partition coefficient (Wildman–Crippen LogP) is 4.43. The quantitative estimate of drug-likeness (QED) is 0.835. The monoisotopic (exact) mass is 376 g/mol. The molecule has 2 N–H and O–H groups in total. The predicted molar refractivity (Wildman–Crippen MR) is 86.7 cm³/mol. The van der Waals surface area contributed by atoms with E-state index in [4.69, 9.17) is 17.3 Å². The number of halogens is 3. The van der Waals surface area contributed by atoms with Gasteiger partial charge in [0.25, 0.3) is 0 Å². The van der Waals surface area contributed by atoms with E-state index in [0.29, 0.717) is 23.7 Å². The summed E-state index contributed by atoms with van der Waals surface area (Å²) in [5, 5.41) is 2.55.